The number of unbranched alkanes of at least 4 members (excludes halogenated alkanes) is 1. The third-order valence-corrected chi connectivity index (χ3v) is 7.86. The number of carboxylic acids is 1. The summed E-state index contributed by atoms with van der Waals surface area (Å²) >= 11 is 5.83. The van der Waals surface area contributed by atoms with Crippen molar-refractivity contribution in [3.05, 3.63) is 68.7 Å². The van der Waals surface area contributed by atoms with Crippen LogP contribution >= 0.6 is 11.6 Å². The Morgan fingerprint density at radius 2 is 1.94 bits per heavy atom. The van der Waals surface area contributed by atoms with Crippen LogP contribution in [0.1, 0.15) is 37.3 Å². The van der Waals surface area contributed by atoms with Crippen molar-refractivity contribution in [1.82, 2.24) is 9.62 Å². The Balaban J connectivity index is 2.02. The molecule has 1 heterocycles. The summed E-state index contributed by atoms with van der Waals surface area (Å²) in [6.07, 6.45) is 1.53. The number of nitro groups is 1. The molecule has 0 aromatic heterocycles. The Labute approximate surface area is 201 Å². The first-order chi connectivity index (χ1) is 16.1. The number of nitrogens with zero attached hydrogens (tertiary/aromatic N) is 2. The van der Waals surface area contributed by atoms with Crippen molar-refractivity contribution in [2.75, 3.05) is 0 Å². The van der Waals surface area contributed by atoms with Crippen molar-refractivity contribution in [3.8, 4) is 0 Å². The van der Waals surface area contributed by atoms with Gasteiger partial charge in [-0.1, -0.05) is 55.6 Å². The molecule has 10 nitrogen and oxygen atoms in total. The molecule has 182 valence electrons. The van der Waals surface area contributed by atoms with Crippen molar-refractivity contribution in [3.63, 3.8) is 0 Å². The summed E-state index contributed by atoms with van der Waals surface area (Å²) in [5.41, 5.74) is 0.864. The zero-order valence-corrected chi connectivity index (χ0v) is 19.9. The van der Waals surface area contributed by atoms with Gasteiger partial charge in [-0.2, -0.15) is 4.31 Å². The number of nitro benzene ring substituents is 1. The van der Waals surface area contributed by atoms with Gasteiger partial charge in [0.15, 0.2) is 0 Å². The molecule has 1 aliphatic heterocycles. The summed E-state index contributed by atoms with van der Waals surface area (Å²) < 4.78 is 28.1. The molecule has 2 aromatic rings. The van der Waals surface area contributed by atoms with E-state index in [4.69, 9.17) is 11.6 Å². The van der Waals surface area contributed by atoms with Gasteiger partial charge in [0.2, 0.25) is 15.9 Å². The molecule has 0 saturated heterocycles. The monoisotopic (exact) mass is 509 g/mol. The van der Waals surface area contributed by atoms with Crippen LogP contribution in [-0.2, 0) is 32.6 Å². The van der Waals surface area contributed by atoms with Crippen molar-refractivity contribution in [1.29, 1.82) is 0 Å². The fourth-order valence-corrected chi connectivity index (χ4v) is 5.61. The summed E-state index contributed by atoms with van der Waals surface area (Å²) in [4.78, 5) is 34.9. The maximum absolute atomic E-state index is 13.6. The number of benzene rings is 2. The SMILES string of the molecule is CCCCC(NC(=O)[C@@H]1Cc2ccccc2CN1S(=O)(=O)c1ccc(Cl)c([N+](=O)[O-])c1)C(=O)O. The van der Waals surface area contributed by atoms with Crippen LogP contribution in [0.25, 0.3) is 0 Å². The van der Waals surface area contributed by atoms with E-state index in [-0.39, 0.29) is 29.3 Å². The van der Waals surface area contributed by atoms with Crippen LogP contribution in [0.15, 0.2) is 47.4 Å². The fraction of sp³-hybridized carbons (Fsp3) is 0.364. The quantitative estimate of drug-likeness (QED) is 0.390. The number of hydrogen-bond acceptors (Lipinski definition) is 6. The lowest BCUT2D eigenvalue weighted by Gasteiger charge is -2.35. The smallest absolute Gasteiger partial charge is 0.326 e. The van der Waals surface area contributed by atoms with Gasteiger partial charge in [-0.15, -0.1) is 0 Å². The topological polar surface area (TPSA) is 147 Å². The van der Waals surface area contributed by atoms with Gasteiger partial charge in [0.1, 0.15) is 17.1 Å². The summed E-state index contributed by atoms with van der Waals surface area (Å²) in [6, 6.07) is 7.73. The fourth-order valence-electron chi connectivity index (χ4n) is 3.84. The molecule has 2 N–H and O–H groups in total. The molecular formula is C22H24ClN3O7S. The number of fused-ring (bicyclic) bond motifs is 1. The lowest BCUT2D eigenvalue weighted by Crippen LogP contribution is -2.55. The number of carbonyl (C=O) groups is 2. The van der Waals surface area contributed by atoms with E-state index >= 15 is 0 Å². The number of halogens is 1. The van der Waals surface area contributed by atoms with Crippen LogP contribution < -0.4 is 5.32 Å². The van der Waals surface area contributed by atoms with E-state index in [0.29, 0.717) is 12.0 Å². The van der Waals surface area contributed by atoms with E-state index in [9.17, 15) is 33.2 Å². The Morgan fingerprint density at radius 1 is 1.26 bits per heavy atom. The number of sulfonamides is 1. The highest BCUT2D eigenvalue weighted by molar-refractivity contribution is 7.89. The minimum atomic E-state index is -4.38. The lowest BCUT2D eigenvalue weighted by molar-refractivity contribution is -0.384. The molecule has 0 fully saturated rings. The van der Waals surface area contributed by atoms with Gasteiger partial charge in [-0.3, -0.25) is 14.9 Å². The second-order valence-corrected chi connectivity index (χ2v) is 10.2. The molecule has 1 aliphatic rings. The summed E-state index contributed by atoms with van der Waals surface area (Å²) in [6.45, 7) is 1.73. The van der Waals surface area contributed by atoms with E-state index in [2.05, 4.69) is 5.32 Å². The number of aliphatic carboxylic acids is 1. The molecule has 1 amide bonds. The molecule has 0 bridgehead atoms. The van der Waals surface area contributed by atoms with Gasteiger partial charge in [-0.25, -0.2) is 13.2 Å². The van der Waals surface area contributed by atoms with Crippen molar-refractivity contribution in [2.24, 2.45) is 0 Å². The lowest BCUT2D eigenvalue weighted by atomic mass is 9.95. The second-order valence-electron chi connectivity index (χ2n) is 7.95. The molecule has 2 aromatic carbocycles. The number of hydrogen-bond donors (Lipinski definition) is 2. The number of carbonyl (C=O) groups excluding carboxylic acids is 1. The van der Waals surface area contributed by atoms with Gasteiger partial charge in [-0.05, 0) is 36.1 Å². The number of rotatable bonds is 9. The van der Waals surface area contributed by atoms with Crippen LogP contribution in [0.5, 0.6) is 0 Å². The largest absolute Gasteiger partial charge is 0.480 e. The highest BCUT2D eigenvalue weighted by atomic mass is 35.5. The highest BCUT2D eigenvalue weighted by Gasteiger charge is 2.41. The molecule has 12 heteroatoms. The van der Waals surface area contributed by atoms with Gasteiger partial charge < -0.3 is 10.4 Å². The van der Waals surface area contributed by atoms with E-state index < -0.39 is 44.6 Å². The molecule has 0 radical (unpaired) electrons. The van der Waals surface area contributed by atoms with Crippen LogP contribution in [0, 0.1) is 10.1 Å². The first kappa shape index (κ1) is 25.6. The van der Waals surface area contributed by atoms with E-state index in [0.717, 1.165) is 34.5 Å². The Morgan fingerprint density at radius 3 is 2.56 bits per heavy atom. The first-order valence-electron chi connectivity index (χ1n) is 10.6. The van der Waals surface area contributed by atoms with Gasteiger partial charge in [0.05, 0.1) is 9.82 Å². The zero-order chi connectivity index (χ0) is 25.0. The Hall–Kier alpha value is -3.02. The Kier molecular flexibility index (Phi) is 7.90. The maximum atomic E-state index is 13.6. The maximum Gasteiger partial charge on any atom is 0.326 e. The van der Waals surface area contributed by atoms with Crippen LogP contribution in [-0.4, -0.2) is 46.7 Å². The van der Waals surface area contributed by atoms with Gasteiger partial charge in [0.25, 0.3) is 5.69 Å². The van der Waals surface area contributed by atoms with Crippen molar-refractivity contribution < 1.29 is 28.0 Å². The van der Waals surface area contributed by atoms with Crippen LogP contribution in [0.3, 0.4) is 0 Å². The zero-order valence-electron chi connectivity index (χ0n) is 18.3. The van der Waals surface area contributed by atoms with Crippen LogP contribution in [0.2, 0.25) is 5.02 Å². The minimum Gasteiger partial charge on any atom is -0.480 e. The van der Waals surface area contributed by atoms with Crippen molar-refractivity contribution in [2.45, 2.75) is 56.1 Å². The molecule has 1 unspecified atom stereocenters. The van der Waals surface area contributed by atoms with Gasteiger partial charge >= 0.3 is 5.97 Å². The predicted octanol–water partition coefficient (Wildman–Crippen LogP) is 3.12. The first-order valence-corrected chi connectivity index (χ1v) is 12.4. The minimum absolute atomic E-state index is 0.0248. The third-order valence-electron chi connectivity index (χ3n) is 5.69. The standard InChI is InChI=1S/C22H24ClN3O7S/c1-2-3-8-18(22(28)29)24-21(27)20-11-14-6-4-5-7-15(14)13-25(20)34(32,33)16-9-10-17(23)19(12-16)26(30)31/h4-7,9-10,12,18,20H,2-3,8,11,13H2,1H3,(H,24,27)(H,28,29)/t18?,20-/m0/s1. The second kappa shape index (κ2) is 10.5. The van der Waals surface area contributed by atoms with E-state index in [1.807, 2.05) is 6.92 Å². The number of nitrogens with one attached hydrogen (secondary N) is 1. The van der Waals surface area contributed by atoms with Gasteiger partial charge in [0, 0.05) is 12.6 Å². The molecule has 0 spiro atoms. The predicted molar refractivity (Wildman–Crippen MR) is 124 cm³/mol. The van der Waals surface area contributed by atoms with Crippen molar-refractivity contribution >= 4 is 39.2 Å². The van der Waals surface area contributed by atoms with E-state index in [1.165, 1.54) is 0 Å². The number of carboxylic acid groups (broad SMARTS) is 1. The normalized spacial score (nSPS) is 16.9. The molecule has 0 aliphatic carbocycles. The highest BCUT2D eigenvalue weighted by Crippen LogP contribution is 2.33. The molecule has 34 heavy (non-hydrogen) atoms. The average molecular weight is 510 g/mol. The number of amides is 1. The summed E-state index contributed by atoms with van der Waals surface area (Å²) in [5.74, 6) is -1.95. The average Bonchev–Trinajstić information content (AvgIpc) is 2.80. The molecular weight excluding hydrogens is 486 g/mol. The molecule has 0 saturated carbocycles. The summed E-state index contributed by atoms with van der Waals surface area (Å²) in [7, 11) is -4.38. The molecule has 3 rings (SSSR count). The third kappa shape index (κ3) is 5.37. The van der Waals surface area contributed by atoms with E-state index in [1.54, 1.807) is 24.3 Å². The van der Waals surface area contributed by atoms with Crippen LogP contribution in [0.4, 0.5) is 5.69 Å². The Bertz CT molecular complexity index is 1220. The summed E-state index contributed by atoms with van der Waals surface area (Å²) in [5, 5.41) is 23.0. The molecule has 2 atom stereocenters.